The second kappa shape index (κ2) is 9.99. The van der Waals surface area contributed by atoms with E-state index < -0.39 is 17.9 Å². The Morgan fingerprint density at radius 2 is 1.96 bits per heavy atom. The van der Waals surface area contributed by atoms with Crippen LogP contribution in [0.5, 0.6) is 0 Å². The van der Waals surface area contributed by atoms with Gasteiger partial charge in [0.1, 0.15) is 0 Å². The Morgan fingerprint density at radius 3 is 2.52 bits per heavy atom. The Kier molecular flexibility index (Phi) is 8.32. The molecule has 1 aliphatic rings. The Labute approximate surface area is 136 Å². The summed E-state index contributed by atoms with van der Waals surface area (Å²) in [6.45, 7) is 5.28. The average molecular weight is 326 g/mol. The number of carbonyl (C=O) groups excluding carboxylic acids is 2. The first-order valence-electron chi connectivity index (χ1n) is 7.95. The molecule has 1 aliphatic carbocycles. The third-order valence-electron chi connectivity index (χ3n) is 3.76. The van der Waals surface area contributed by atoms with E-state index in [0.29, 0.717) is 0 Å². The molecule has 0 aromatic rings. The van der Waals surface area contributed by atoms with Gasteiger partial charge < -0.3 is 20.5 Å². The number of hydrogen-bond acceptors (Lipinski definition) is 4. The van der Waals surface area contributed by atoms with Gasteiger partial charge in [0, 0.05) is 18.4 Å². The smallest absolute Gasteiger partial charge is 0.328 e. The molecule has 0 aliphatic heterocycles. The molecule has 0 saturated heterocycles. The van der Waals surface area contributed by atoms with Crippen molar-refractivity contribution in [2.45, 2.75) is 51.1 Å². The molecule has 1 rings (SSSR count). The summed E-state index contributed by atoms with van der Waals surface area (Å²) < 4.78 is 5.06. The molecule has 130 valence electrons. The summed E-state index contributed by atoms with van der Waals surface area (Å²) in [5.41, 5.74) is 0. The molecule has 1 fully saturated rings. The zero-order valence-electron chi connectivity index (χ0n) is 13.5. The quantitative estimate of drug-likeness (QED) is 0.408. The Morgan fingerprint density at radius 1 is 1.30 bits per heavy atom. The molecule has 7 heteroatoms. The largest absolute Gasteiger partial charge is 0.480 e. The van der Waals surface area contributed by atoms with E-state index in [-0.39, 0.29) is 37.5 Å². The third-order valence-corrected chi connectivity index (χ3v) is 3.76. The van der Waals surface area contributed by atoms with Crippen LogP contribution in [0.15, 0.2) is 12.7 Å². The van der Waals surface area contributed by atoms with E-state index in [1.807, 2.05) is 0 Å². The van der Waals surface area contributed by atoms with Crippen molar-refractivity contribution in [3.05, 3.63) is 12.7 Å². The number of carbonyl (C=O) groups is 3. The lowest BCUT2D eigenvalue weighted by Crippen LogP contribution is -2.46. The highest BCUT2D eigenvalue weighted by molar-refractivity contribution is 5.85. The topological polar surface area (TPSA) is 105 Å². The van der Waals surface area contributed by atoms with E-state index in [1.54, 1.807) is 6.92 Å². The molecular weight excluding hydrogens is 300 g/mol. The summed E-state index contributed by atoms with van der Waals surface area (Å²) in [5.74, 6) is -1.57. The van der Waals surface area contributed by atoms with Crippen molar-refractivity contribution < 1.29 is 24.2 Å². The predicted octanol–water partition coefficient (Wildman–Crippen LogP) is 0.843. The van der Waals surface area contributed by atoms with Gasteiger partial charge in [-0.05, 0) is 19.8 Å². The monoisotopic (exact) mass is 326 g/mol. The van der Waals surface area contributed by atoms with Crippen LogP contribution in [0.3, 0.4) is 0 Å². The molecule has 0 bridgehead atoms. The maximum Gasteiger partial charge on any atom is 0.328 e. The minimum Gasteiger partial charge on any atom is -0.480 e. The molecule has 0 heterocycles. The lowest BCUT2D eigenvalue weighted by molar-refractivity contribution is -0.143. The number of amides is 2. The summed E-state index contributed by atoms with van der Waals surface area (Å²) >= 11 is 0. The van der Waals surface area contributed by atoms with Crippen LogP contribution in [0.2, 0.25) is 0 Å². The Balaban J connectivity index is 2.35. The SMILES string of the molecule is C=CCOCC(NC(=O)CC(C)NC(=O)C1CCCC1)C(=O)O. The first-order valence-corrected chi connectivity index (χ1v) is 7.95. The van der Waals surface area contributed by atoms with Gasteiger partial charge in [0.15, 0.2) is 6.04 Å². The van der Waals surface area contributed by atoms with Crippen LogP contribution in [-0.2, 0) is 19.1 Å². The van der Waals surface area contributed by atoms with Crippen molar-refractivity contribution in [2.24, 2.45) is 5.92 Å². The van der Waals surface area contributed by atoms with Crippen LogP contribution in [0.1, 0.15) is 39.0 Å². The first-order chi connectivity index (χ1) is 10.9. The summed E-state index contributed by atoms with van der Waals surface area (Å²) in [5, 5.41) is 14.3. The zero-order chi connectivity index (χ0) is 17.2. The zero-order valence-corrected chi connectivity index (χ0v) is 13.5. The molecule has 23 heavy (non-hydrogen) atoms. The van der Waals surface area contributed by atoms with Crippen LogP contribution in [0.25, 0.3) is 0 Å². The summed E-state index contributed by atoms with van der Waals surface area (Å²) in [6.07, 6.45) is 5.46. The molecule has 2 unspecified atom stereocenters. The van der Waals surface area contributed by atoms with Crippen LogP contribution in [0, 0.1) is 5.92 Å². The van der Waals surface area contributed by atoms with Crippen LogP contribution in [0.4, 0.5) is 0 Å². The van der Waals surface area contributed by atoms with Crippen molar-refractivity contribution in [2.75, 3.05) is 13.2 Å². The number of carboxylic acid groups (broad SMARTS) is 1. The fourth-order valence-corrected chi connectivity index (χ4v) is 2.58. The van der Waals surface area contributed by atoms with Gasteiger partial charge in [0.05, 0.1) is 13.2 Å². The van der Waals surface area contributed by atoms with Gasteiger partial charge in [0.25, 0.3) is 0 Å². The summed E-state index contributed by atoms with van der Waals surface area (Å²) in [7, 11) is 0. The van der Waals surface area contributed by atoms with E-state index in [9.17, 15) is 14.4 Å². The molecule has 2 atom stereocenters. The van der Waals surface area contributed by atoms with E-state index >= 15 is 0 Å². The van der Waals surface area contributed by atoms with E-state index in [0.717, 1.165) is 25.7 Å². The van der Waals surface area contributed by atoms with E-state index in [4.69, 9.17) is 9.84 Å². The maximum absolute atomic E-state index is 12.0. The average Bonchev–Trinajstić information content (AvgIpc) is 3.00. The highest BCUT2D eigenvalue weighted by atomic mass is 16.5. The third kappa shape index (κ3) is 7.27. The second-order valence-corrected chi connectivity index (χ2v) is 5.88. The molecule has 0 aromatic heterocycles. The minimum absolute atomic E-state index is 0.0214. The molecular formula is C16H26N2O5. The van der Waals surface area contributed by atoms with Gasteiger partial charge in [-0.3, -0.25) is 9.59 Å². The summed E-state index contributed by atoms with van der Waals surface area (Å²) in [6, 6.07) is -1.45. The van der Waals surface area contributed by atoms with Crippen molar-refractivity contribution in [1.29, 1.82) is 0 Å². The standard InChI is InChI=1S/C16H26N2O5/c1-3-8-23-10-13(16(21)22)18-14(19)9-11(2)17-15(20)12-6-4-5-7-12/h3,11-13H,1,4-10H2,2H3,(H,17,20)(H,18,19)(H,21,22). The van der Waals surface area contributed by atoms with E-state index in [1.165, 1.54) is 6.08 Å². The number of rotatable bonds is 10. The lowest BCUT2D eigenvalue weighted by atomic mass is 10.1. The number of ether oxygens (including phenoxy) is 1. The predicted molar refractivity (Wildman–Crippen MR) is 84.8 cm³/mol. The fraction of sp³-hybridized carbons (Fsp3) is 0.688. The molecule has 7 nitrogen and oxygen atoms in total. The minimum atomic E-state index is -1.16. The molecule has 0 aromatic carbocycles. The van der Waals surface area contributed by atoms with Gasteiger partial charge in [-0.15, -0.1) is 6.58 Å². The highest BCUT2D eigenvalue weighted by Gasteiger charge is 2.25. The van der Waals surface area contributed by atoms with Crippen LogP contribution in [-0.4, -0.2) is 48.2 Å². The van der Waals surface area contributed by atoms with Gasteiger partial charge >= 0.3 is 5.97 Å². The van der Waals surface area contributed by atoms with Crippen LogP contribution >= 0.6 is 0 Å². The number of nitrogens with one attached hydrogen (secondary N) is 2. The number of aliphatic carboxylic acids is 1. The number of hydrogen-bond donors (Lipinski definition) is 3. The van der Waals surface area contributed by atoms with Gasteiger partial charge in [-0.25, -0.2) is 4.79 Å². The van der Waals surface area contributed by atoms with Crippen LogP contribution < -0.4 is 10.6 Å². The Bertz CT molecular complexity index is 432. The van der Waals surface area contributed by atoms with E-state index in [2.05, 4.69) is 17.2 Å². The molecule has 2 amide bonds. The van der Waals surface area contributed by atoms with Crippen molar-refractivity contribution in [1.82, 2.24) is 10.6 Å². The molecule has 0 radical (unpaired) electrons. The normalized spacial score (nSPS) is 17.3. The molecule has 3 N–H and O–H groups in total. The second-order valence-electron chi connectivity index (χ2n) is 5.88. The van der Waals surface area contributed by atoms with Gasteiger partial charge in [-0.2, -0.15) is 0 Å². The van der Waals surface area contributed by atoms with Crippen molar-refractivity contribution in [3.63, 3.8) is 0 Å². The molecule has 0 spiro atoms. The maximum atomic E-state index is 12.0. The lowest BCUT2D eigenvalue weighted by Gasteiger charge is -2.19. The number of carboxylic acids is 1. The van der Waals surface area contributed by atoms with Gasteiger partial charge in [-0.1, -0.05) is 18.9 Å². The first kappa shape index (κ1) is 19.2. The van der Waals surface area contributed by atoms with Gasteiger partial charge in [0.2, 0.25) is 11.8 Å². The molecule has 1 saturated carbocycles. The van der Waals surface area contributed by atoms with Crippen molar-refractivity contribution in [3.8, 4) is 0 Å². The summed E-state index contributed by atoms with van der Waals surface area (Å²) in [4.78, 5) is 35.0. The van der Waals surface area contributed by atoms with Crippen molar-refractivity contribution >= 4 is 17.8 Å². The Hall–Kier alpha value is -1.89. The highest BCUT2D eigenvalue weighted by Crippen LogP contribution is 2.24. The fourth-order valence-electron chi connectivity index (χ4n) is 2.58.